The van der Waals surface area contributed by atoms with Gasteiger partial charge >= 0.3 is 0 Å². The van der Waals surface area contributed by atoms with Gasteiger partial charge < -0.3 is 19.9 Å². The summed E-state index contributed by atoms with van der Waals surface area (Å²) < 4.78 is 11.5. The highest BCUT2D eigenvalue weighted by Crippen LogP contribution is 2.31. The SMILES string of the molecule is COc1cccc(CNCCCO)c1OCc1ccc(C)cc1. The molecule has 0 saturated heterocycles. The summed E-state index contributed by atoms with van der Waals surface area (Å²) in [4.78, 5) is 0. The summed E-state index contributed by atoms with van der Waals surface area (Å²) in [6.45, 7) is 4.22. The third-order valence-corrected chi connectivity index (χ3v) is 3.61. The maximum absolute atomic E-state index is 8.85. The molecule has 0 amide bonds. The summed E-state index contributed by atoms with van der Waals surface area (Å²) in [5.74, 6) is 1.51. The lowest BCUT2D eigenvalue weighted by molar-refractivity contribution is 0.278. The predicted molar refractivity (Wildman–Crippen MR) is 91.9 cm³/mol. The first kappa shape index (κ1) is 17.3. The largest absolute Gasteiger partial charge is 0.493 e. The number of methoxy groups -OCH3 is 1. The predicted octanol–water partition coefficient (Wildman–Crippen LogP) is 3.05. The van der Waals surface area contributed by atoms with Crippen LogP contribution in [0.15, 0.2) is 42.5 Å². The first-order chi connectivity index (χ1) is 11.2. The van der Waals surface area contributed by atoms with E-state index in [0.717, 1.165) is 35.6 Å². The van der Waals surface area contributed by atoms with Gasteiger partial charge in [-0.3, -0.25) is 0 Å². The van der Waals surface area contributed by atoms with E-state index < -0.39 is 0 Å². The number of ether oxygens (including phenoxy) is 2. The van der Waals surface area contributed by atoms with Gasteiger partial charge in [-0.25, -0.2) is 0 Å². The van der Waals surface area contributed by atoms with Gasteiger partial charge in [0.25, 0.3) is 0 Å². The molecule has 0 bridgehead atoms. The van der Waals surface area contributed by atoms with Crippen molar-refractivity contribution in [2.75, 3.05) is 20.3 Å². The third-order valence-electron chi connectivity index (χ3n) is 3.61. The molecule has 2 aromatic carbocycles. The van der Waals surface area contributed by atoms with Crippen LogP contribution < -0.4 is 14.8 Å². The van der Waals surface area contributed by atoms with Crippen molar-refractivity contribution in [3.63, 3.8) is 0 Å². The molecule has 0 aromatic heterocycles. The Morgan fingerprint density at radius 2 is 1.87 bits per heavy atom. The molecule has 0 radical (unpaired) electrons. The highest BCUT2D eigenvalue weighted by atomic mass is 16.5. The molecule has 4 nitrogen and oxygen atoms in total. The summed E-state index contributed by atoms with van der Waals surface area (Å²) in [6, 6.07) is 14.2. The van der Waals surface area contributed by atoms with E-state index in [4.69, 9.17) is 14.6 Å². The Morgan fingerprint density at radius 3 is 2.57 bits per heavy atom. The minimum Gasteiger partial charge on any atom is -0.493 e. The zero-order chi connectivity index (χ0) is 16.5. The summed E-state index contributed by atoms with van der Waals surface area (Å²) in [6.07, 6.45) is 0.740. The van der Waals surface area contributed by atoms with Gasteiger partial charge in [0.15, 0.2) is 11.5 Å². The molecule has 0 aliphatic carbocycles. The fraction of sp³-hybridized carbons (Fsp3) is 0.368. The number of para-hydroxylation sites is 1. The molecule has 2 N–H and O–H groups in total. The number of benzene rings is 2. The smallest absolute Gasteiger partial charge is 0.166 e. The standard InChI is InChI=1S/C19H25NO3/c1-15-7-9-16(10-8-15)14-23-19-17(13-20-11-4-12-21)5-3-6-18(19)22-2/h3,5-10,20-21H,4,11-14H2,1-2H3. The van der Waals surface area contributed by atoms with Crippen LogP contribution in [0, 0.1) is 6.92 Å². The van der Waals surface area contributed by atoms with Crippen molar-refractivity contribution in [1.29, 1.82) is 0 Å². The van der Waals surface area contributed by atoms with Gasteiger partial charge in [-0.05, 0) is 31.5 Å². The molecule has 0 aliphatic rings. The molecule has 0 aliphatic heterocycles. The van der Waals surface area contributed by atoms with E-state index in [1.54, 1.807) is 7.11 Å². The second-order valence-electron chi connectivity index (χ2n) is 5.48. The molecule has 0 spiro atoms. The van der Waals surface area contributed by atoms with Crippen LogP contribution in [0.25, 0.3) is 0 Å². The molecule has 2 aromatic rings. The average Bonchev–Trinajstić information content (AvgIpc) is 2.58. The molecule has 23 heavy (non-hydrogen) atoms. The van der Waals surface area contributed by atoms with Crippen LogP contribution in [0.2, 0.25) is 0 Å². The molecule has 4 heteroatoms. The summed E-state index contributed by atoms with van der Waals surface area (Å²) >= 11 is 0. The van der Waals surface area contributed by atoms with Gasteiger partial charge in [0.2, 0.25) is 0 Å². The second-order valence-corrected chi connectivity index (χ2v) is 5.48. The molecule has 0 atom stereocenters. The van der Waals surface area contributed by atoms with Gasteiger partial charge in [-0.15, -0.1) is 0 Å². The lowest BCUT2D eigenvalue weighted by atomic mass is 10.1. The Kier molecular flexibility index (Phi) is 6.91. The Balaban J connectivity index is 2.06. The van der Waals surface area contributed by atoms with Crippen molar-refractivity contribution in [2.45, 2.75) is 26.5 Å². The van der Waals surface area contributed by atoms with Crippen LogP contribution >= 0.6 is 0 Å². The van der Waals surface area contributed by atoms with Crippen LogP contribution in [0.1, 0.15) is 23.1 Å². The lowest BCUT2D eigenvalue weighted by Gasteiger charge is -2.15. The van der Waals surface area contributed by atoms with E-state index in [1.165, 1.54) is 5.56 Å². The lowest BCUT2D eigenvalue weighted by Crippen LogP contribution is -2.16. The highest BCUT2D eigenvalue weighted by molar-refractivity contribution is 5.46. The Labute approximate surface area is 138 Å². The van der Waals surface area contributed by atoms with Crippen molar-refractivity contribution in [3.05, 3.63) is 59.2 Å². The van der Waals surface area contributed by atoms with Gasteiger partial charge in [0.05, 0.1) is 7.11 Å². The number of nitrogens with one attached hydrogen (secondary N) is 1. The van der Waals surface area contributed by atoms with Crippen molar-refractivity contribution >= 4 is 0 Å². The van der Waals surface area contributed by atoms with Crippen LogP contribution in [-0.4, -0.2) is 25.4 Å². The first-order valence-corrected chi connectivity index (χ1v) is 7.90. The zero-order valence-electron chi connectivity index (χ0n) is 13.8. The minimum absolute atomic E-state index is 0.196. The fourth-order valence-corrected chi connectivity index (χ4v) is 2.29. The topological polar surface area (TPSA) is 50.7 Å². The van der Waals surface area contributed by atoms with Crippen molar-refractivity contribution < 1.29 is 14.6 Å². The van der Waals surface area contributed by atoms with E-state index in [9.17, 15) is 0 Å². The van der Waals surface area contributed by atoms with Crippen molar-refractivity contribution in [3.8, 4) is 11.5 Å². The minimum atomic E-state index is 0.196. The monoisotopic (exact) mass is 315 g/mol. The molecule has 124 valence electrons. The summed E-state index contributed by atoms with van der Waals surface area (Å²) in [7, 11) is 1.65. The van der Waals surface area contributed by atoms with Crippen LogP contribution in [0.4, 0.5) is 0 Å². The number of aliphatic hydroxyl groups excluding tert-OH is 1. The Morgan fingerprint density at radius 1 is 1.09 bits per heavy atom. The molecular formula is C19H25NO3. The third kappa shape index (κ3) is 5.27. The van der Waals surface area contributed by atoms with E-state index in [1.807, 2.05) is 18.2 Å². The molecule has 0 fully saturated rings. The van der Waals surface area contributed by atoms with Gasteiger partial charge in [-0.2, -0.15) is 0 Å². The molecule has 2 rings (SSSR count). The van der Waals surface area contributed by atoms with E-state index in [0.29, 0.717) is 13.2 Å². The van der Waals surface area contributed by atoms with E-state index in [2.05, 4.69) is 36.5 Å². The quantitative estimate of drug-likeness (QED) is 0.698. The molecule has 0 unspecified atom stereocenters. The number of hydrogen-bond donors (Lipinski definition) is 2. The average molecular weight is 315 g/mol. The van der Waals surface area contributed by atoms with Crippen LogP contribution in [-0.2, 0) is 13.2 Å². The highest BCUT2D eigenvalue weighted by Gasteiger charge is 2.10. The maximum atomic E-state index is 8.85. The normalized spacial score (nSPS) is 10.6. The van der Waals surface area contributed by atoms with Gasteiger partial charge in [0.1, 0.15) is 6.61 Å². The number of rotatable bonds is 9. The molecular weight excluding hydrogens is 290 g/mol. The number of hydrogen-bond acceptors (Lipinski definition) is 4. The molecule has 0 heterocycles. The van der Waals surface area contributed by atoms with Crippen LogP contribution in [0.3, 0.4) is 0 Å². The first-order valence-electron chi connectivity index (χ1n) is 7.90. The summed E-state index contributed by atoms with van der Waals surface area (Å²) in [5, 5.41) is 12.1. The summed E-state index contributed by atoms with van der Waals surface area (Å²) in [5.41, 5.74) is 3.41. The Hall–Kier alpha value is -2.04. The Bertz CT molecular complexity index is 596. The van der Waals surface area contributed by atoms with E-state index >= 15 is 0 Å². The van der Waals surface area contributed by atoms with Gasteiger partial charge in [0, 0.05) is 18.7 Å². The zero-order valence-corrected chi connectivity index (χ0v) is 13.8. The second kappa shape index (κ2) is 9.18. The van der Waals surface area contributed by atoms with Gasteiger partial charge in [-0.1, -0.05) is 42.0 Å². The maximum Gasteiger partial charge on any atom is 0.166 e. The van der Waals surface area contributed by atoms with Crippen LogP contribution in [0.5, 0.6) is 11.5 Å². The number of aliphatic hydroxyl groups is 1. The van der Waals surface area contributed by atoms with E-state index in [-0.39, 0.29) is 6.61 Å². The molecule has 0 saturated carbocycles. The number of aryl methyl sites for hydroxylation is 1. The van der Waals surface area contributed by atoms with Crippen molar-refractivity contribution in [2.24, 2.45) is 0 Å². The van der Waals surface area contributed by atoms with Crippen molar-refractivity contribution in [1.82, 2.24) is 5.32 Å². The fourth-order valence-electron chi connectivity index (χ4n) is 2.29.